The van der Waals surface area contributed by atoms with Gasteiger partial charge in [-0.2, -0.15) is 0 Å². The molecule has 1 amide bonds. The molecule has 1 aliphatic rings. The first kappa shape index (κ1) is 12.1. The third-order valence-electron chi connectivity index (χ3n) is 3.47. The van der Waals surface area contributed by atoms with Gasteiger partial charge in [0.05, 0.1) is 12.6 Å². The SMILES string of the molecule is C[C@@H]1CCCC(=O)N1[C@H](CO)c1ccccc1. The van der Waals surface area contributed by atoms with Gasteiger partial charge in [-0.3, -0.25) is 4.79 Å². The van der Waals surface area contributed by atoms with Crippen molar-refractivity contribution in [3.8, 4) is 0 Å². The summed E-state index contributed by atoms with van der Waals surface area (Å²) >= 11 is 0. The number of piperidine rings is 1. The largest absolute Gasteiger partial charge is 0.394 e. The van der Waals surface area contributed by atoms with Crippen LogP contribution in [0.4, 0.5) is 0 Å². The highest BCUT2D eigenvalue weighted by molar-refractivity contribution is 5.77. The first-order valence-electron chi connectivity index (χ1n) is 6.21. The van der Waals surface area contributed by atoms with Crippen LogP contribution in [0.2, 0.25) is 0 Å². The third-order valence-corrected chi connectivity index (χ3v) is 3.47. The summed E-state index contributed by atoms with van der Waals surface area (Å²) in [6.07, 6.45) is 2.59. The van der Waals surface area contributed by atoms with Crippen LogP contribution in [0.15, 0.2) is 30.3 Å². The Hall–Kier alpha value is -1.35. The molecule has 0 saturated carbocycles. The number of benzene rings is 1. The van der Waals surface area contributed by atoms with Gasteiger partial charge in [0.2, 0.25) is 5.91 Å². The molecule has 1 aromatic rings. The molecule has 2 atom stereocenters. The lowest BCUT2D eigenvalue weighted by Crippen LogP contribution is -2.45. The van der Waals surface area contributed by atoms with E-state index in [2.05, 4.69) is 6.92 Å². The summed E-state index contributed by atoms with van der Waals surface area (Å²) < 4.78 is 0. The predicted molar refractivity (Wildman–Crippen MR) is 66.4 cm³/mol. The highest BCUT2D eigenvalue weighted by Gasteiger charge is 2.31. The zero-order valence-electron chi connectivity index (χ0n) is 10.2. The average molecular weight is 233 g/mol. The number of aliphatic hydroxyl groups is 1. The van der Waals surface area contributed by atoms with Gasteiger partial charge in [-0.25, -0.2) is 0 Å². The Kier molecular flexibility index (Phi) is 3.79. The van der Waals surface area contributed by atoms with E-state index in [-0.39, 0.29) is 24.6 Å². The quantitative estimate of drug-likeness (QED) is 0.868. The smallest absolute Gasteiger partial charge is 0.223 e. The predicted octanol–water partition coefficient (Wildman–Crippen LogP) is 2.12. The van der Waals surface area contributed by atoms with Crippen molar-refractivity contribution in [3.63, 3.8) is 0 Å². The van der Waals surface area contributed by atoms with E-state index in [1.54, 1.807) is 0 Å². The zero-order valence-corrected chi connectivity index (χ0v) is 10.2. The van der Waals surface area contributed by atoms with Crippen molar-refractivity contribution >= 4 is 5.91 Å². The molecule has 2 rings (SSSR count). The lowest BCUT2D eigenvalue weighted by atomic mass is 9.97. The molecule has 0 radical (unpaired) electrons. The van der Waals surface area contributed by atoms with Gasteiger partial charge in [0.1, 0.15) is 0 Å². The minimum atomic E-state index is -0.195. The van der Waals surface area contributed by atoms with Crippen molar-refractivity contribution in [3.05, 3.63) is 35.9 Å². The summed E-state index contributed by atoms with van der Waals surface area (Å²) in [5, 5.41) is 9.57. The van der Waals surface area contributed by atoms with Crippen LogP contribution in [0, 0.1) is 0 Å². The number of rotatable bonds is 3. The number of amides is 1. The topological polar surface area (TPSA) is 40.5 Å². The van der Waals surface area contributed by atoms with E-state index in [4.69, 9.17) is 0 Å². The van der Waals surface area contributed by atoms with Crippen molar-refractivity contribution in [1.82, 2.24) is 4.90 Å². The van der Waals surface area contributed by atoms with Crippen molar-refractivity contribution in [2.75, 3.05) is 6.61 Å². The second-order valence-corrected chi connectivity index (χ2v) is 4.65. The second kappa shape index (κ2) is 5.32. The van der Waals surface area contributed by atoms with Gasteiger partial charge in [0, 0.05) is 12.5 Å². The molecule has 1 aliphatic heterocycles. The number of likely N-dealkylation sites (tertiary alicyclic amines) is 1. The van der Waals surface area contributed by atoms with Crippen LogP contribution in [-0.2, 0) is 4.79 Å². The van der Waals surface area contributed by atoms with Crippen LogP contribution in [-0.4, -0.2) is 28.6 Å². The molecule has 0 spiro atoms. The van der Waals surface area contributed by atoms with Gasteiger partial charge in [-0.1, -0.05) is 30.3 Å². The highest BCUT2D eigenvalue weighted by atomic mass is 16.3. The number of carbonyl (C=O) groups excluding carboxylic acids is 1. The molecule has 3 heteroatoms. The number of hydrogen-bond acceptors (Lipinski definition) is 2. The zero-order chi connectivity index (χ0) is 12.3. The minimum absolute atomic E-state index is 0.0138. The Morgan fingerprint density at radius 1 is 1.41 bits per heavy atom. The lowest BCUT2D eigenvalue weighted by Gasteiger charge is -2.39. The van der Waals surface area contributed by atoms with Crippen LogP contribution in [0.1, 0.15) is 37.8 Å². The van der Waals surface area contributed by atoms with E-state index >= 15 is 0 Å². The molecule has 1 heterocycles. The molecule has 1 saturated heterocycles. The third kappa shape index (κ3) is 2.50. The fourth-order valence-electron chi connectivity index (χ4n) is 2.57. The molecule has 0 bridgehead atoms. The summed E-state index contributed by atoms with van der Waals surface area (Å²) in [4.78, 5) is 13.8. The van der Waals surface area contributed by atoms with Crippen molar-refractivity contribution in [2.45, 2.75) is 38.3 Å². The Morgan fingerprint density at radius 3 is 2.71 bits per heavy atom. The summed E-state index contributed by atoms with van der Waals surface area (Å²) in [6, 6.07) is 9.78. The molecule has 0 aliphatic carbocycles. The van der Waals surface area contributed by atoms with Gasteiger partial charge in [-0.05, 0) is 25.3 Å². The number of carbonyl (C=O) groups is 1. The molecular formula is C14H19NO2. The monoisotopic (exact) mass is 233 g/mol. The molecule has 17 heavy (non-hydrogen) atoms. The molecule has 1 fully saturated rings. The lowest BCUT2D eigenvalue weighted by molar-refractivity contribution is -0.140. The van der Waals surface area contributed by atoms with Gasteiger partial charge in [0.15, 0.2) is 0 Å². The fourth-order valence-corrected chi connectivity index (χ4v) is 2.57. The van der Waals surface area contributed by atoms with Crippen LogP contribution in [0.3, 0.4) is 0 Å². The second-order valence-electron chi connectivity index (χ2n) is 4.65. The van der Waals surface area contributed by atoms with E-state index in [9.17, 15) is 9.90 Å². The van der Waals surface area contributed by atoms with E-state index < -0.39 is 0 Å². The van der Waals surface area contributed by atoms with Crippen LogP contribution in [0.25, 0.3) is 0 Å². The molecule has 92 valence electrons. The minimum Gasteiger partial charge on any atom is -0.394 e. The summed E-state index contributed by atoms with van der Waals surface area (Å²) in [5.74, 6) is 0.159. The normalized spacial score (nSPS) is 22.6. The summed E-state index contributed by atoms with van der Waals surface area (Å²) in [6.45, 7) is 2.04. The average Bonchev–Trinajstić information content (AvgIpc) is 2.35. The van der Waals surface area contributed by atoms with Crippen molar-refractivity contribution in [2.24, 2.45) is 0 Å². The van der Waals surface area contributed by atoms with Crippen LogP contribution < -0.4 is 0 Å². The van der Waals surface area contributed by atoms with Crippen molar-refractivity contribution in [1.29, 1.82) is 0 Å². The standard InChI is InChI=1S/C14H19NO2/c1-11-6-5-9-14(17)15(11)13(10-16)12-7-3-2-4-8-12/h2-4,7-8,11,13,16H,5-6,9-10H2,1H3/t11-,13-/m1/s1. The van der Waals surface area contributed by atoms with Crippen LogP contribution in [0.5, 0.6) is 0 Å². The Balaban J connectivity index is 2.25. The molecule has 0 unspecified atom stereocenters. The maximum absolute atomic E-state index is 12.0. The maximum Gasteiger partial charge on any atom is 0.223 e. The molecule has 3 nitrogen and oxygen atoms in total. The Bertz CT molecular complexity index is 377. The van der Waals surface area contributed by atoms with E-state index in [1.165, 1.54) is 0 Å². The molecule has 0 aromatic heterocycles. The molecule has 1 N–H and O–H groups in total. The van der Waals surface area contributed by atoms with E-state index in [0.29, 0.717) is 6.42 Å². The van der Waals surface area contributed by atoms with Gasteiger partial charge >= 0.3 is 0 Å². The highest BCUT2D eigenvalue weighted by Crippen LogP contribution is 2.28. The number of hydrogen-bond donors (Lipinski definition) is 1. The molecule has 1 aromatic carbocycles. The summed E-state index contributed by atoms with van der Waals surface area (Å²) in [7, 11) is 0. The first-order valence-corrected chi connectivity index (χ1v) is 6.21. The first-order chi connectivity index (χ1) is 8.24. The maximum atomic E-state index is 12.0. The van der Waals surface area contributed by atoms with Gasteiger partial charge < -0.3 is 10.0 Å². The Labute approximate surface area is 102 Å². The summed E-state index contributed by atoms with van der Waals surface area (Å²) in [5.41, 5.74) is 1.01. The van der Waals surface area contributed by atoms with E-state index in [0.717, 1.165) is 18.4 Å². The van der Waals surface area contributed by atoms with Crippen molar-refractivity contribution < 1.29 is 9.90 Å². The molecular weight excluding hydrogens is 214 g/mol. The number of aliphatic hydroxyl groups excluding tert-OH is 1. The van der Waals surface area contributed by atoms with E-state index in [1.807, 2.05) is 35.2 Å². The van der Waals surface area contributed by atoms with Crippen LogP contribution >= 0.6 is 0 Å². The fraction of sp³-hybridized carbons (Fsp3) is 0.500. The van der Waals surface area contributed by atoms with Gasteiger partial charge in [0.25, 0.3) is 0 Å². The Morgan fingerprint density at radius 2 is 2.12 bits per heavy atom. The number of nitrogens with zero attached hydrogens (tertiary/aromatic N) is 1. The van der Waals surface area contributed by atoms with Gasteiger partial charge in [-0.15, -0.1) is 0 Å².